The van der Waals surface area contributed by atoms with Gasteiger partial charge >= 0.3 is 11.8 Å². The lowest BCUT2D eigenvalue weighted by molar-refractivity contribution is -0.157. The van der Waals surface area contributed by atoms with Crippen molar-refractivity contribution in [3.05, 3.63) is 59.7 Å². The lowest BCUT2D eigenvalue weighted by Crippen LogP contribution is -2.55. The molecule has 152 valence electrons. The number of hydrogen-bond donors (Lipinski definition) is 1. The second-order valence-electron chi connectivity index (χ2n) is 7.20. The van der Waals surface area contributed by atoms with Crippen LogP contribution in [0.3, 0.4) is 0 Å². The molecule has 0 aromatic heterocycles. The molecule has 1 N–H and O–H groups in total. The van der Waals surface area contributed by atoms with Crippen molar-refractivity contribution < 1.29 is 19.1 Å². The van der Waals surface area contributed by atoms with Gasteiger partial charge in [0.2, 0.25) is 0 Å². The average Bonchev–Trinajstić information content (AvgIpc) is 2.72. The van der Waals surface area contributed by atoms with E-state index in [9.17, 15) is 14.4 Å². The van der Waals surface area contributed by atoms with E-state index in [1.807, 2.05) is 13.8 Å². The third-order valence-electron chi connectivity index (χ3n) is 4.88. The Morgan fingerprint density at radius 1 is 1.07 bits per heavy atom. The standard InChI is InChI=1S/C22H25N3O4/c1-15(2)25-12-11-24(21(27)22(25)28)14-16-7-9-17(10-8-16)20(26)23-18-5-4-6-19(13-18)29-3/h4-10,13,15H,11-12,14H2,1-3H3,(H,23,26). The number of rotatable bonds is 6. The van der Waals surface area contributed by atoms with Gasteiger partial charge in [-0.15, -0.1) is 0 Å². The van der Waals surface area contributed by atoms with Crippen molar-refractivity contribution in [2.24, 2.45) is 0 Å². The van der Waals surface area contributed by atoms with Gasteiger partial charge < -0.3 is 19.9 Å². The minimum Gasteiger partial charge on any atom is -0.497 e. The Kier molecular flexibility index (Phi) is 6.16. The average molecular weight is 395 g/mol. The van der Waals surface area contributed by atoms with E-state index in [-0.39, 0.29) is 11.9 Å². The first kappa shape index (κ1) is 20.4. The van der Waals surface area contributed by atoms with Crippen molar-refractivity contribution in [2.45, 2.75) is 26.4 Å². The summed E-state index contributed by atoms with van der Waals surface area (Å²) >= 11 is 0. The zero-order valence-corrected chi connectivity index (χ0v) is 16.8. The van der Waals surface area contributed by atoms with Crippen molar-refractivity contribution in [1.82, 2.24) is 9.80 Å². The fourth-order valence-electron chi connectivity index (χ4n) is 3.22. The molecule has 7 heteroatoms. The molecule has 7 nitrogen and oxygen atoms in total. The molecule has 0 radical (unpaired) electrons. The molecule has 1 fully saturated rings. The molecule has 2 aromatic carbocycles. The van der Waals surface area contributed by atoms with Gasteiger partial charge in [0.1, 0.15) is 5.75 Å². The van der Waals surface area contributed by atoms with Crippen LogP contribution in [-0.2, 0) is 16.1 Å². The van der Waals surface area contributed by atoms with Gasteiger partial charge in [-0.1, -0.05) is 18.2 Å². The molecule has 0 aliphatic carbocycles. The van der Waals surface area contributed by atoms with Gasteiger partial charge in [0, 0.05) is 43.0 Å². The van der Waals surface area contributed by atoms with Crippen LogP contribution in [0.5, 0.6) is 5.75 Å². The molecule has 0 spiro atoms. The zero-order valence-electron chi connectivity index (χ0n) is 16.8. The lowest BCUT2D eigenvalue weighted by atomic mass is 10.1. The number of nitrogens with one attached hydrogen (secondary N) is 1. The van der Waals surface area contributed by atoms with Crippen molar-refractivity contribution in [3.63, 3.8) is 0 Å². The number of piperazine rings is 1. The highest BCUT2D eigenvalue weighted by atomic mass is 16.5. The summed E-state index contributed by atoms with van der Waals surface area (Å²) < 4.78 is 5.16. The van der Waals surface area contributed by atoms with Gasteiger partial charge in [0.25, 0.3) is 5.91 Å². The van der Waals surface area contributed by atoms with Gasteiger partial charge in [-0.2, -0.15) is 0 Å². The molecule has 29 heavy (non-hydrogen) atoms. The molecule has 3 amide bonds. The summed E-state index contributed by atoms with van der Waals surface area (Å²) in [5, 5.41) is 2.83. The molecule has 1 aliphatic heterocycles. The fourth-order valence-corrected chi connectivity index (χ4v) is 3.22. The third kappa shape index (κ3) is 4.74. The highest BCUT2D eigenvalue weighted by Crippen LogP contribution is 2.18. The molecule has 1 saturated heterocycles. The Hall–Kier alpha value is -3.35. The predicted molar refractivity (Wildman–Crippen MR) is 110 cm³/mol. The molecule has 0 bridgehead atoms. The first-order chi connectivity index (χ1) is 13.9. The Morgan fingerprint density at radius 3 is 2.45 bits per heavy atom. The predicted octanol–water partition coefficient (Wildman–Crippen LogP) is 2.53. The topological polar surface area (TPSA) is 79.0 Å². The van der Waals surface area contributed by atoms with E-state index in [2.05, 4.69) is 5.32 Å². The number of benzene rings is 2. The molecule has 0 saturated carbocycles. The molecular weight excluding hydrogens is 370 g/mol. The van der Waals surface area contributed by atoms with Gasteiger partial charge in [0.05, 0.1) is 7.11 Å². The monoisotopic (exact) mass is 395 g/mol. The summed E-state index contributed by atoms with van der Waals surface area (Å²) in [6.07, 6.45) is 0. The molecule has 3 rings (SSSR count). The van der Waals surface area contributed by atoms with Gasteiger partial charge in [0.15, 0.2) is 0 Å². The summed E-state index contributed by atoms with van der Waals surface area (Å²) in [5.41, 5.74) is 2.01. The molecule has 1 heterocycles. The van der Waals surface area contributed by atoms with Gasteiger partial charge in [-0.3, -0.25) is 14.4 Å². The summed E-state index contributed by atoms with van der Waals surface area (Å²) in [6, 6.07) is 14.2. The van der Waals surface area contributed by atoms with Crippen LogP contribution in [0.2, 0.25) is 0 Å². The molecule has 0 atom stereocenters. The first-order valence-electron chi connectivity index (χ1n) is 9.53. The fraction of sp³-hybridized carbons (Fsp3) is 0.318. The first-order valence-corrected chi connectivity index (χ1v) is 9.53. The SMILES string of the molecule is COc1cccc(NC(=O)c2ccc(CN3CCN(C(C)C)C(=O)C3=O)cc2)c1. The highest BCUT2D eigenvalue weighted by molar-refractivity contribution is 6.35. The Labute approximate surface area is 170 Å². The number of methoxy groups -OCH3 is 1. The Balaban J connectivity index is 1.62. The number of carbonyl (C=O) groups is 3. The molecule has 2 aromatic rings. The Bertz CT molecular complexity index is 909. The Morgan fingerprint density at radius 2 is 1.79 bits per heavy atom. The number of nitrogens with zero attached hydrogens (tertiary/aromatic N) is 2. The van der Waals surface area contributed by atoms with Crippen LogP contribution < -0.4 is 10.1 Å². The smallest absolute Gasteiger partial charge is 0.312 e. The van der Waals surface area contributed by atoms with Gasteiger partial charge in [-0.25, -0.2) is 0 Å². The van der Waals surface area contributed by atoms with Crippen molar-refractivity contribution in [1.29, 1.82) is 0 Å². The van der Waals surface area contributed by atoms with Gasteiger partial charge in [-0.05, 0) is 43.7 Å². The van der Waals surface area contributed by atoms with E-state index in [1.165, 1.54) is 0 Å². The maximum Gasteiger partial charge on any atom is 0.312 e. The second-order valence-corrected chi connectivity index (χ2v) is 7.20. The normalized spacial score (nSPS) is 14.3. The summed E-state index contributed by atoms with van der Waals surface area (Å²) in [7, 11) is 1.57. The van der Waals surface area contributed by atoms with Crippen LogP contribution in [0.1, 0.15) is 29.8 Å². The summed E-state index contributed by atoms with van der Waals surface area (Å²) in [4.78, 5) is 40.1. The highest BCUT2D eigenvalue weighted by Gasteiger charge is 2.33. The van der Waals surface area contributed by atoms with Crippen LogP contribution in [0.25, 0.3) is 0 Å². The quantitative estimate of drug-likeness (QED) is 0.763. The summed E-state index contributed by atoms with van der Waals surface area (Å²) in [6.45, 7) is 5.17. The van der Waals surface area contributed by atoms with Crippen molar-refractivity contribution in [3.8, 4) is 5.75 Å². The minimum atomic E-state index is -0.482. The van der Waals surface area contributed by atoms with E-state index in [4.69, 9.17) is 4.74 Å². The van der Waals surface area contributed by atoms with Crippen molar-refractivity contribution in [2.75, 3.05) is 25.5 Å². The largest absolute Gasteiger partial charge is 0.497 e. The van der Waals surface area contributed by atoms with Crippen LogP contribution >= 0.6 is 0 Å². The molecule has 0 unspecified atom stereocenters. The number of anilines is 1. The lowest BCUT2D eigenvalue weighted by Gasteiger charge is -2.36. The zero-order chi connectivity index (χ0) is 21.0. The van der Waals surface area contributed by atoms with E-state index in [0.29, 0.717) is 36.6 Å². The third-order valence-corrected chi connectivity index (χ3v) is 4.88. The minimum absolute atomic E-state index is 0.0102. The van der Waals surface area contributed by atoms with Crippen LogP contribution in [0.15, 0.2) is 48.5 Å². The molecule has 1 aliphatic rings. The summed E-state index contributed by atoms with van der Waals surface area (Å²) in [5.74, 6) is -0.512. The van der Waals surface area contributed by atoms with E-state index < -0.39 is 11.8 Å². The van der Waals surface area contributed by atoms with E-state index >= 15 is 0 Å². The maximum atomic E-state index is 12.4. The van der Waals surface area contributed by atoms with Crippen LogP contribution in [-0.4, -0.2) is 53.8 Å². The van der Waals surface area contributed by atoms with E-state index in [1.54, 1.807) is 65.4 Å². The van der Waals surface area contributed by atoms with Crippen LogP contribution in [0.4, 0.5) is 5.69 Å². The number of carbonyl (C=O) groups excluding carboxylic acids is 3. The van der Waals surface area contributed by atoms with Crippen molar-refractivity contribution >= 4 is 23.4 Å². The maximum absolute atomic E-state index is 12.4. The molecular formula is C22H25N3O4. The number of hydrogen-bond acceptors (Lipinski definition) is 4. The second kappa shape index (κ2) is 8.77. The van der Waals surface area contributed by atoms with Crippen LogP contribution in [0, 0.1) is 0 Å². The van der Waals surface area contributed by atoms with E-state index in [0.717, 1.165) is 5.56 Å². The number of ether oxygens (including phenoxy) is 1. The number of amides is 3.